The summed E-state index contributed by atoms with van der Waals surface area (Å²) in [4.78, 5) is 37.4. The van der Waals surface area contributed by atoms with E-state index in [-0.39, 0.29) is 29.7 Å². The molecule has 0 unspecified atom stereocenters. The zero-order chi connectivity index (χ0) is 18.7. The molecule has 7 nitrogen and oxygen atoms in total. The molecular formula is C19H21N3O4. The van der Waals surface area contributed by atoms with Crippen molar-refractivity contribution in [1.29, 1.82) is 0 Å². The Bertz CT molecular complexity index is 872. The molecule has 1 heterocycles. The number of carbonyl (C=O) groups excluding carboxylic acids is 2. The van der Waals surface area contributed by atoms with E-state index >= 15 is 0 Å². The highest BCUT2D eigenvalue weighted by Gasteiger charge is 2.26. The summed E-state index contributed by atoms with van der Waals surface area (Å²) in [5.41, 5.74) is 0.227. The number of amides is 2. The number of hydrogen-bond donors (Lipinski definition) is 3. The summed E-state index contributed by atoms with van der Waals surface area (Å²) < 4.78 is 1.25. The second kappa shape index (κ2) is 7.53. The van der Waals surface area contributed by atoms with E-state index in [0.29, 0.717) is 5.56 Å². The lowest BCUT2D eigenvalue weighted by Crippen LogP contribution is -2.36. The average Bonchev–Trinajstić information content (AvgIpc) is 3.47. The minimum absolute atomic E-state index is 0.134. The zero-order valence-electron chi connectivity index (χ0n) is 14.4. The molecule has 3 rings (SSSR count). The van der Waals surface area contributed by atoms with Gasteiger partial charge in [-0.3, -0.25) is 14.4 Å². The monoisotopic (exact) mass is 355 g/mol. The van der Waals surface area contributed by atoms with Crippen LogP contribution in [0.1, 0.15) is 45.2 Å². The van der Waals surface area contributed by atoms with Gasteiger partial charge in [0.1, 0.15) is 5.56 Å². The van der Waals surface area contributed by atoms with Crippen LogP contribution >= 0.6 is 0 Å². The van der Waals surface area contributed by atoms with Gasteiger partial charge in [-0.2, -0.15) is 0 Å². The van der Waals surface area contributed by atoms with E-state index in [0.717, 1.165) is 12.8 Å². The molecule has 3 N–H and O–H groups in total. The zero-order valence-corrected chi connectivity index (χ0v) is 14.4. The molecule has 1 aliphatic rings. The minimum Gasteiger partial charge on any atom is -0.394 e. The third-order valence-corrected chi connectivity index (χ3v) is 4.38. The van der Waals surface area contributed by atoms with E-state index in [2.05, 4.69) is 10.6 Å². The molecule has 1 aromatic carbocycles. The van der Waals surface area contributed by atoms with Gasteiger partial charge in [0.15, 0.2) is 0 Å². The van der Waals surface area contributed by atoms with Crippen molar-refractivity contribution in [2.75, 3.05) is 13.7 Å². The topological polar surface area (TPSA) is 100 Å². The highest BCUT2D eigenvalue weighted by molar-refractivity contribution is 5.99. The molecule has 1 aromatic heterocycles. The van der Waals surface area contributed by atoms with Crippen molar-refractivity contribution < 1.29 is 14.7 Å². The van der Waals surface area contributed by atoms with Gasteiger partial charge in [0.25, 0.3) is 17.4 Å². The van der Waals surface area contributed by atoms with Crippen LogP contribution in [0, 0.1) is 0 Å². The first kappa shape index (κ1) is 17.9. The Morgan fingerprint density at radius 3 is 2.50 bits per heavy atom. The molecule has 1 atom stereocenters. The molecule has 1 saturated carbocycles. The highest BCUT2D eigenvalue weighted by atomic mass is 16.3. The van der Waals surface area contributed by atoms with Gasteiger partial charge in [-0.05, 0) is 24.5 Å². The largest absolute Gasteiger partial charge is 0.394 e. The second-order valence-corrected chi connectivity index (χ2v) is 6.29. The molecule has 0 saturated heterocycles. The molecule has 7 heteroatoms. The Balaban J connectivity index is 2.11. The lowest BCUT2D eigenvalue weighted by Gasteiger charge is -2.20. The predicted molar refractivity (Wildman–Crippen MR) is 96.2 cm³/mol. The molecule has 2 aromatic rings. The quantitative estimate of drug-likeness (QED) is 0.709. The van der Waals surface area contributed by atoms with Crippen molar-refractivity contribution >= 4 is 11.8 Å². The fraction of sp³-hybridized carbons (Fsp3) is 0.316. The Morgan fingerprint density at radius 2 is 1.92 bits per heavy atom. The van der Waals surface area contributed by atoms with E-state index in [4.69, 9.17) is 0 Å². The van der Waals surface area contributed by atoms with Crippen LogP contribution in [0.2, 0.25) is 0 Å². The van der Waals surface area contributed by atoms with Crippen LogP contribution in [0.3, 0.4) is 0 Å². The smallest absolute Gasteiger partial charge is 0.264 e. The summed E-state index contributed by atoms with van der Waals surface area (Å²) in [5, 5.41) is 15.1. The summed E-state index contributed by atoms with van der Waals surface area (Å²) in [5.74, 6) is -0.911. The van der Waals surface area contributed by atoms with Gasteiger partial charge in [-0.15, -0.1) is 0 Å². The van der Waals surface area contributed by atoms with Crippen molar-refractivity contribution in [1.82, 2.24) is 15.2 Å². The molecule has 1 aliphatic carbocycles. The highest BCUT2D eigenvalue weighted by Crippen LogP contribution is 2.20. The van der Waals surface area contributed by atoms with Crippen molar-refractivity contribution in [3.63, 3.8) is 0 Å². The number of carbonyl (C=O) groups is 2. The van der Waals surface area contributed by atoms with Crippen LogP contribution in [0.4, 0.5) is 0 Å². The molecule has 0 spiro atoms. The Kier molecular flexibility index (Phi) is 5.18. The number of pyridine rings is 1. The summed E-state index contributed by atoms with van der Waals surface area (Å²) in [6, 6.07) is 9.74. The minimum atomic E-state index is -0.694. The summed E-state index contributed by atoms with van der Waals surface area (Å²) >= 11 is 0. The summed E-state index contributed by atoms with van der Waals surface area (Å²) in [6.45, 7) is -0.342. The average molecular weight is 355 g/mol. The fourth-order valence-electron chi connectivity index (χ4n) is 2.78. The van der Waals surface area contributed by atoms with E-state index in [1.165, 1.54) is 23.9 Å². The van der Waals surface area contributed by atoms with Crippen molar-refractivity contribution in [2.24, 2.45) is 0 Å². The van der Waals surface area contributed by atoms with Crippen LogP contribution in [-0.2, 0) is 0 Å². The van der Waals surface area contributed by atoms with Crippen molar-refractivity contribution in [3.05, 3.63) is 69.6 Å². The van der Waals surface area contributed by atoms with Crippen LogP contribution in [0.25, 0.3) is 0 Å². The van der Waals surface area contributed by atoms with Gasteiger partial charge in [0.05, 0.1) is 18.2 Å². The SMILES string of the molecule is CNC(=O)c1cc(C(=O)NC2CC2)cn([C@@H](CO)c2ccccc2)c1=O. The maximum atomic E-state index is 12.8. The molecule has 26 heavy (non-hydrogen) atoms. The van der Waals surface area contributed by atoms with E-state index in [9.17, 15) is 19.5 Å². The Hall–Kier alpha value is -2.93. The number of hydrogen-bond acceptors (Lipinski definition) is 4. The second-order valence-electron chi connectivity index (χ2n) is 6.29. The van der Waals surface area contributed by atoms with Crippen LogP contribution in [0.5, 0.6) is 0 Å². The van der Waals surface area contributed by atoms with Crippen LogP contribution < -0.4 is 16.2 Å². The third kappa shape index (κ3) is 3.67. The maximum absolute atomic E-state index is 12.8. The molecule has 136 valence electrons. The number of aliphatic hydroxyl groups is 1. The molecule has 0 aliphatic heterocycles. The number of nitrogens with one attached hydrogen (secondary N) is 2. The number of aliphatic hydroxyl groups excluding tert-OH is 1. The third-order valence-electron chi connectivity index (χ3n) is 4.38. The number of benzene rings is 1. The lowest BCUT2D eigenvalue weighted by molar-refractivity contribution is 0.0949. The number of rotatable bonds is 6. The van der Waals surface area contributed by atoms with E-state index < -0.39 is 17.5 Å². The van der Waals surface area contributed by atoms with Gasteiger partial charge >= 0.3 is 0 Å². The number of aromatic nitrogens is 1. The first-order chi connectivity index (χ1) is 12.5. The van der Waals surface area contributed by atoms with Crippen molar-refractivity contribution in [3.8, 4) is 0 Å². The van der Waals surface area contributed by atoms with Gasteiger partial charge in [0.2, 0.25) is 0 Å². The summed E-state index contributed by atoms with van der Waals surface area (Å²) in [7, 11) is 1.42. The van der Waals surface area contributed by atoms with Gasteiger partial charge in [-0.25, -0.2) is 0 Å². The molecule has 2 amide bonds. The van der Waals surface area contributed by atoms with E-state index in [1.54, 1.807) is 24.3 Å². The summed E-state index contributed by atoms with van der Waals surface area (Å²) in [6.07, 6.45) is 3.26. The molecule has 0 bridgehead atoms. The van der Waals surface area contributed by atoms with Gasteiger partial charge < -0.3 is 20.3 Å². The number of nitrogens with zero attached hydrogens (tertiary/aromatic N) is 1. The molecular weight excluding hydrogens is 334 g/mol. The van der Waals surface area contributed by atoms with Crippen LogP contribution in [-0.4, -0.2) is 41.2 Å². The Morgan fingerprint density at radius 1 is 1.23 bits per heavy atom. The maximum Gasteiger partial charge on any atom is 0.264 e. The first-order valence-electron chi connectivity index (χ1n) is 8.50. The van der Waals surface area contributed by atoms with Crippen LogP contribution in [0.15, 0.2) is 47.4 Å². The fourth-order valence-corrected chi connectivity index (χ4v) is 2.78. The van der Waals surface area contributed by atoms with E-state index in [1.807, 2.05) is 6.07 Å². The van der Waals surface area contributed by atoms with Crippen molar-refractivity contribution in [2.45, 2.75) is 24.9 Å². The van der Waals surface area contributed by atoms with Gasteiger partial charge in [0, 0.05) is 19.3 Å². The Labute approximate surface area is 150 Å². The molecule has 1 fully saturated rings. The molecule has 0 radical (unpaired) electrons. The first-order valence-corrected chi connectivity index (χ1v) is 8.50. The predicted octanol–water partition coefficient (Wildman–Crippen LogP) is 0.682. The normalized spacial score (nSPS) is 14.5. The van der Waals surface area contributed by atoms with Gasteiger partial charge in [-0.1, -0.05) is 30.3 Å². The standard InChI is InChI=1S/C19H21N3O4/c1-20-18(25)15-9-13(17(24)21-14-7-8-14)10-22(19(15)26)16(11-23)12-5-3-2-4-6-12/h2-6,9-10,14,16,23H,7-8,11H2,1H3,(H,20,25)(H,21,24)/t16-/m0/s1. The lowest BCUT2D eigenvalue weighted by atomic mass is 10.1.